The predicted octanol–water partition coefficient (Wildman–Crippen LogP) is 2.46. The van der Waals surface area contributed by atoms with Crippen molar-refractivity contribution in [3.05, 3.63) is 35.9 Å². The third-order valence-electron chi connectivity index (χ3n) is 4.03. The van der Waals surface area contributed by atoms with Crippen LogP contribution in [0.25, 0.3) is 0 Å². The molecule has 2 heteroatoms. The first kappa shape index (κ1) is 9.88. The summed E-state index contributed by atoms with van der Waals surface area (Å²) in [6.45, 7) is 0. The Labute approximate surface area is 96.1 Å². The molecule has 2 fully saturated rings. The number of amides is 1. The molecule has 2 nitrogen and oxygen atoms in total. The summed E-state index contributed by atoms with van der Waals surface area (Å²) in [5.74, 6) is 1.36. The van der Waals surface area contributed by atoms with Crippen LogP contribution in [-0.4, -0.2) is 11.9 Å². The zero-order chi connectivity index (χ0) is 11.0. The Hall–Kier alpha value is -1.31. The Kier molecular flexibility index (Phi) is 2.43. The van der Waals surface area contributed by atoms with Gasteiger partial charge in [0.15, 0.2) is 0 Å². The fourth-order valence-corrected chi connectivity index (χ4v) is 3.29. The summed E-state index contributed by atoms with van der Waals surface area (Å²) in [4.78, 5) is 11.5. The van der Waals surface area contributed by atoms with Gasteiger partial charge in [-0.25, -0.2) is 0 Å². The van der Waals surface area contributed by atoms with E-state index in [2.05, 4.69) is 35.6 Å². The minimum atomic E-state index is 0.248. The number of hydrogen-bond donors (Lipinski definition) is 1. The molecule has 84 valence electrons. The summed E-state index contributed by atoms with van der Waals surface area (Å²) in [5, 5.41) is 3.17. The summed E-state index contributed by atoms with van der Waals surface area (Å²) >= 11 is 0. The molecule has 1 aliphatic heterocycles. The predicted molar refractivity (Wildman–Crippen MR) is 63.1 cm³/mol. The maximum absolute atomic E-state index is 11.5. The zero-order valence-corrected chi connectivity index (χ0v) is 9.36. The van der Waals surface area contributed by atoms with Gasteiger partial charge in [-0.3, -0.25) is 4.79 Å². The van der Waals surface area contributed by atoms with Gasteiger partial charge in [0.05, 0.1) is 0 Å². The highest BCUT2D eigenvalue weighted by Crippen LogP contribution is 2.40. The molecule has 2 aliphatic rings. The van der Waals surface area contributed by atoms with Crippen LogP contribution in [0.1, 0.15) is 37.2 Å². The van der Waals surface area contributed by atoms with Crippen LogP contribution in [0, 0.1) is 5.92 Å². The number of rotatable bonds is 1. The summed E-state index contributed by atoms with van der Waals surface area (Å²) in [6, 6.07) is 11.0. The molecule has 1 N–H and O–H groups in total. The van der Waals surface area contributed by atoms with E-state index in [4.69, 9.17) is 0 Å². The lowest BCUT2D eigenvalue weighted by molar-refractivity contribution is -0.119. The summed E-state index contributed by atoms with van der Waals surface area (Å²) < 4.78 is 0. The first-order valence-corrected chi connectivity index (χ1v) is 6.19. The second-order valence-electron chi connectivity index (χ2n) is 5.01. The van der Waals surface area contributed by atoms with Crippen LogP contribution in [0.15, 0.2) is 30.3 Å². The van der Waals surface area contributed by atoms with Crippen molar-refractivity contribution in [1.82, 2.24) is 5.32 Å². The van der Waals surface area contributed by atoms with Gasteiger partial charge in [-0.05, 0) is 24.3 Å². The average Bonchev–Trinajstić information content (AvgIpc) is 2.70. The normalized spacial score (nSPS) is 33.2. The molecule has 0 unspecified atom stereocenters. The van der Waals surface area contributed by atoms with Crippen LogP contribution in [0.3, 0.4) is 0 Å². The number of nitrogens with one attached hydrogen (secondary N) is 1. The molecule has 1 saturated carbocycles. The molecule has 1 aromatic carbocycles. The summed E-state index contributed by atoms with van der Waals surface area (Å²) in [5.41, 5.74) is 1.39. The lowest BCUT2D eigenvalue weighted by Crippen LogP contribution is -2.37. The van der Waals surface area contributed by atoms with Gasteiger partial charge in [0, 0.05) is 18.4 Å². The second kappa shape index (κ2) is 3.93. The van der Waals surface area contributed by atoms with E-state index < -0.39 is 0 Å². The van der Waals surface area contributed by atoms with Gasteiger partial charge >= 0.3 is 0 Å². The maximum Gasteiger partial charge on any atom is 0.220 e. The van der Waals surface area contributed by atoms with Crippen LogP contribution in [0.4, 0.5) is 0 Å². The van der Waals surface area contributed by atoms with Crippen molar-refractivity contribution in [3.63, 3.8) is 0 Å². The Morgan fingerprint density at radius 2 is 1.94 bits per heavy atom. The monoisotopic (exact) mass is 215 g/mol. The molecule has 16 heavy (non-hydrogen) atoms. The van der Waals surface area contributed by atoms with E-state index >= 15 is 0 Å². The van der Waals surface area contributed by atoms with Crippen molar-refractivity contribution in [2.24, 2.45) is 5.92 Å². The molecule has 1 aliphatic carbocycles. The number of carbonyl (C=O) groups excluding carboxylic acids is 1. The highest BCUT2D eigenvalue weighted by molar-refractivity contribution is 5.79. The van der Waals surface area contributed by atoms with Crippen molar-refractivity contribution in [3.8, 4) is 0 Å². The number of fused-ring (bicyclic) bond motifs is 1. The minimum absolute atomic E-state index is 0.248. The topological polar surface area (TPSA) is 29.1 Å². The molecular weight excluding hydrogens is 198 g/mol. The molecule has 3 rings (SSSR count). The highest BCUT2D eigenvalue weighted by Gasteiger charge is 2.40. The van der Waals surface area contributed by atoms with Crippen molar-refractivity contribution < 1.29 is 4.79 Å². The fraction of sp³-hybridized carbons (Fsp3) is 0.500. The van der Waals surface area contributed by atoms with Gasteiger partial charge < -0.3 is 5.32 Å². The second-order valence-corrected chi connectivity index (χ2v) is 5.01. The molecular formula is C14H17NO. The molecule has 0 bridgehead atoms. The molecule has 3 atom stereocenters. The molecule has 1 amide bonds. The van der Waals surface area contributed by atoms with E-state index in [1.165, 1.54) is 24.8 Å². The van der Waals surface area contributed by atoms with Crippen LogP contribution in [0.5, 0.6) is 0 Å². The first-order chi connectivity index (χ1) is 7.84. The van der Waals surface area contributed by atoms with E-state index in [-0.39, 0.29) is 5.91 Å². The van der Waals surface area contributed by atoms with Gasteiger partial charge in [0.2, 0.25) is 5.91 Å². The van der Waals surface area contributed by atoms with E-state index in [9.17, 15) is 4.79 Å². The molecule has 1 aromatic rings. The van der Waals surface area contributed by atoms with Crippen molar-refractivity contribution in [1.29, 1.82) is 0 Å². The van der Waals surface area contributed by atoms with Gasteiger partial charge in [0.25, 0.3) is 0 Å². The summed E-state index contributed by atoms with van der Waals surface area (Å²) in [6.07, 6.45) is 4.43. The lowest BCUT2D eigenvalue weighted by atomic mass is 9.75. The van der Waals surface area contributed by atoms with Crippen LogP contribution < -0.4 is 5.32 Å². The zero-order valence-electron chi connectivity index (χ0n) is 9.36. The molecule has 0 radical (unpaired) electrons. The van der Waals surface area contributed by atoms with Gasteiger partial charge in [-0.15, -0.1) is 0 Å². The molecule has 1 heterocycles. The quantitative estimate of drug-likeness (QED) is 0.766. The largest absolute Gasteiger partial charge is 0.352 e. The van der Waals surface area contributed by atoms with Crippen molar-refractivity contribution in [2.75, 3.05) is 0 Å². The number of benzene rings is 1. The highest BCUT2D eigenvalue weighted by atomic mass is 16.2. The first-order valence-electron chi connectivity index (χ1n) is 6.19. The van der Waals surface area contributed by atoms with Crippen LogP contribution in [0.2, 0.25) is 0 Å². The van der Waals surface area contributed by atoms with Gasteiger partial charge in [-0.2, -0.15) is 0 Å². The van der Waals surface area contributed by atoms with Gasteiger partial charge in [-0.1, -0.05) is 36.8 Å². The van der Waals surface area contributed by atoms with E-state index in [0.717, 1.165) is 6.42 Å². The molecule has 0 spiro atoms. The SMILES string of the molecule is O=C1C[C@@H]2CCC[C@@H](c3ccccc3)[C@@H]2N1. The molecule has 1 saturated heterocycles. The third kappa shape index (κ3) is 1.62. The number of hydrogen-bond acceptors (Lipinski definition) is 1. The lowest BCUT2D eigenvalue weighted by Gasteiger charge is -2.33. The Morgan fingerprint density at radius 3 is 2.75 bits per heavy atom. The number of carbonyl (C=O) groups is 1. The Morgan fingerprint density at radius 1 is 1.12 bits per heavy atom. The fourth-order valence-electron chi connectivity index (χ4n) is 3.29. The van der Waals surface area contributed by atoms with Crippen molar-refractivity contribution >= 4 is 5.91 Å². The van der Waals surface area contributed by atoms with E-state index in [0.29, 0.717) is 17.9 Å². The smallest absolute Gasteiger partial charge is 0.220 e. The Bertz CT molecular complexity index is 387. The Balaban J connectivity index is 1.87. The standard InChI is InChI=1S/C14H17NO/c16-13-9-11-7-4-8-12(14(11)15-13)10-5-2-1-3-6-10/h1-3,5-6,11-12,14H,4,7-9H2,(H,15,16)/t11-,12-,14+/m0/s1. The average molecular weight is 215 g/mol. The minimum Gasteiger partial charge on any atom is -0.352 e. The van der Waals surface area contributed by atoms with Gasteiger partial charge in [0.1, 0.15) is 0 Å². The van der Waals surface area contributed by atoms with Crippen molar-refractivity contribution in [2.45, 2.75) is 37.6 Å². The molecule has 0 aromatic heterocycles. The van der Waals surface area contributed by atoms with Crippen LogP contribution >= 0.6 is 0 Å². The van der Waals surface area contributed by atoms with E-state index in [1.807, 2.05) is 0 Å². The summed E-state index contributed by atoms with van der Waals surface area (Å²) in [7, 11) is 0. The third-order valence-corrected chi connectivity index (χ3v) is 4.03. The van der Waals surface area contributed by atoms with E-state index in [1.54, 1.807) is 0 Å². The van der Waals surface area contributed by atoms with Crippen LogP contribution in [-0.2, 0) is 4.79 Å². The maximum atomic E-state index is 11.5.